The van der Waals surface area contributed by atoms with Gasteiger partial charge in [0.1, 0.15) is 0 Å². The predicted octanol–water partition coefficient (Wildman–Crippen LogP) is 15.0. The van der Waals surface area contributed by atoms with Crippen LogP contribution in [0.2, 0.25) is 0 Å². The van der Waals surface area contributed by atoms with Crippen LogP contribution in [0, 0.1) is 0 Å². The Balaban J connectivity index is 3.45. The van der Waals surface area contributed by atoms with Crippen molar-refractivity contribution in [2.24, 2.45) is 0 Å². The molecule has 0 aromatic carbocycles. The quantitative estimate of drug-likeness (QED) is 0.0323. The summed E-state index contributed by atoms with van der Waals surface area (Å²) in [5.74, 6) is -0.0798. The summed E-state index contributed by atoms with van der Waals surface area (Å²) in [6, 6.07) is -0.633. The molecule has 3 N–H and O–H groups in total. The molecule has 0 saturated carbocycles. The maximum atomic E-state index is 12.4. The number of amides is 1. The van der Waals surface area contributed by atoms with Crippen molar-refractivity contribution in [3.05, 3.63) is 12.2 Å². The topological polar surface area (TPSA) is 95.9 Å². The molecule has 0 heterocycles. The third kappa shape index (κ3) is 44.0. The second kappa shape index (κ2) is 47.3. The van der Waals surface area contributed by atoms with E-state index in [0.29, 0.717) is 19.4 Å². The number of carbonyl (C=O) groups is 2. The van der Waals surface area contributed by atoms with Crippen molar-refractivity contribution in [3.8, 4) is 0 Å². The molecule has 0 rings (SSSR count). The molecular formula is C51H99NO5. The second-order valence-corrected chi connectivity index (χ2v) is 17.5. The lowest BCUT2D eigenvalue weighted by molar-refractivity contribution is -0.143. The van der Waals surface area contributed by atoms with E-state index in [1.165, 1.54) is 193 Å². The zero-order valence-electron chi connectivity index (χ0n) is 38.3. The van der Waals surface area contributed by atoms with Crippen molar-refractivity contribution in [1.29, 1.82) is 0 Å². The normalized spacial score (nSPS) is 12.7. The summed E-state index contributed by atoms with van der Waals surface area (Å²) < 4.78 is 5.46. The van der Waals surface area contributed by atoms with E-state index in [1.807, 2.05) is 6.08 Å². The highest BCUT2D eigenvalue weighted by Gasteiger charge is 2.18. The molecule has 0 saturated heterocycles. The Kier molecular flexibility index (Phi) is 46.1. The Morgan fingerprint density at radius 2 is 0.807 bits per heavy atom. The fourth-order valence-electron chi connectivity index (χ4n) is 7.87. The summed E-state index contributed by atoms with van der Waals surface area (Å²) >= 11 is 0. The first kappa shape index (κ1) is 55.6. The van der Waals surface area contributed by atoms with E-state index in [0.717, 1.165) is 57.8 Å². The van der Waals surface area contributed by atoms with Crippen LogP contribution in [0.25, 0.3) is 0 Å². The molecule has 0 radical (unpaired) electrons. The van der Waals surface area contributed by atoms with Gasteiger partial charge in [0.15, 0.2) is 0 Å². The molecule has 1 amide bonds. The molecule has 2 unspecified atom stereocenters. The van der Waals surface area contributed by atoms with Gasteiger partial charge < -0.3 is 20.3 Å². The minimum Gasteiger partial charge on any atom is -0.466 e. The van der Waals surface area contributed by atoms with Crippen molar-refractivity contribution in [1.82, 2.24) is 5.32 Å². The molecule has 0 aliphatic rings. The summed E-state index contributed by atoms with van der Waals surface area (Å²) in [5.41, 5.74) is 0. The van der Waals surface area contributed by atoms with Crippen LogP contribution < -0.4 is 5.32 Å². The molecular weight excluding hydrogens is 707 g/mol. The van der Waals surface area contributed by atoms with Crippen LogP contribution in [0.5, 0.6) is 0 Å². The number of allylic oxidation sites excluding steroid dienone is 1. The van der Waals surface area contributed by atoms with Crippen molar-refractivity contribution < 1.29 is 24.5 Å². The van der Waals surface area contributed by atoms with Gasteiger partial charge >= 0.3 is 5.97 Å². The minimum absolute atomic E-state index is 0.00132. The number of nitrogens with one attached hydrogen (secondary N) is 1. The summed E-state index contributed by atoms with van der Waals surface area (Å²) in [6.07, 6.45) is 53.5. The molecule has 0 aromatic heterocycles. The lowest BCUT2D eigenvalue weighted by Gasteiger charge is -2.20. The highest BCUT2D eigenvalue weighted by molar-refractivity contribution is 5.76. The fourth-order valence-corrected chi connectivity index (χ4v) is 7.87. The smallest absolute Gasteiger partial charge is 0.305 e. The van der Waals surface area contributed by atoms with Crippen LogP contribution >= 0.6 is 0 Å². The van der Waals surface area contributed by atoms with E-state index in [9.17, 15) is 19.8 Å². The first-order chi connectivity index (χ1) is 28.0. The molecule has 338 valence electrons. The van der Waals surface area contributed by atoms with Crippen LogP contribution in [0.1, 0.15) is 277 Å². The van der Waals surface area contributed by atoms with E-state index in [-0.39, 0.29) is 18.5 Å². The highest BCUT2D eigenvalue weighted by atomic mass is 16.5. The second-order valence-electron chi connectivity index (χ2n) is 17.5. The van der Waals surface area contributed by atoms with E-state index in [1.54, 1.807) is 6.08 Å². The molecule has 0 bridgehead atoms. The Hall–Kier alpha value is -1.40. The van der Waals surface area contributed by atoms with Gasteiger partial charge in [-0.2, -0.15) is 0 Å². The monoisotopic (exact) mass is 806 g/mol. The van der Waals surface area contributed by atoms with Gasteiger partial charge in [-0.15, -0.1) is 0 Å². The molecule has 0 fully saturated rings. The number of esters is 1. The van der Waals surface area contributed by atoms with Crippen molar-refractivity contribution >= 4 is 11.9 Å². The number of aliphatic hydroxyl groups is 2. The first-order valence-corrected chi connectivity index (χ1v) is 25.5. The number of carbonyl (C=O) groups excluding carboxylic acids is 2. The molecule has 2 atom stereocenters. The maximum Gasteiger partial charge on any atom is 0.305 e. The average molecular weight is 806 g/mol. The summed E-state index contributed by atoms with van der Waals surface area (Å²) in [4.78, 5) is 24.4. The SMILES string of the molecule is CCCCCCCCCCCC/C=C/C(O)C(CO)NC(=O)CCCCCCCCCCCCCCCCOC(=O)CCCCCCCCCCCCCCCC. The Morgan fingerprint density at radius 1 is 0.474 bits per heavy atom. The molecule has 0 aliphatic carbocycles. The Labute approximate surface area is 355 Å². The van der Waals surface area contributed by atoms with Crippen LogP contribution in [0.3, 0.4) is 0 Å². The van der Waals surface area contributed by atoms with Gasteiger partial charge in [-0.05, 0) is 32.1 Å². The lowest BCUT2D eigenvalue weighted by atomic mass is 10.0. The summed E-state index contributed by atoms with van der Waals surface area (Å²) in [5, 5.41) is 23.0. The van der Waals surface area contributed by atoms with E-state index in [4.69, 9.17) is 4.74 Å². The van der Waals surface area contributed by atoms with Gasteiger partial charge in [-0.3, -0.25) is 9.59 Å². The van der Waals surface area contributed by atoms with Crippen LogP contribution in [-0.4, -0.2) is 47.4 Å². The molecule has 0 aromatic rings. The first-order valence-electron chi connectivity index (χ1n) is 25.5. The van der Waals surface area contributed by atoms with Crippen molar-refractivity contribution in [2.75, 3.05) is 13.2 Å². The molecule has 0 aliphatic heterocycles. The van der Waals surface area contributed by atoms with Gasteiger partial charge in [-0.1, -0.05) is 244 Å². The van der Waals surface area contributed by atoms with Gasteiger partial charge in [0.05, 0.1) is 25.4 Å². The molecule has 0 spiro atoms. The molecule has 6 heteroatoms. The number of unbranched alkanes of at least 4 members (excludes halogenated alkanes) is 36. The Morgan fingerprint density at radius 3 is 1.19 bits per heavy atom. The van der Waals surface area contributed by atoms with Crippen LogP contribution in [0.15, 0.2) is 12.2 Å². The van der Waals surface area contributed by atoms with Crippen LogP contribution in [-0.2, 0) is 14.3 Å². The number of aliphatic hydroxyl groups excluding tert-OH is 2. The highest BCUT2D eigenvalue weighted by Crippen LogP contribution is 2.16. The molecule has 6 nitrogen and oxygen atoms in total. The van der Waals surface area contributed by atoms with Gasteiger partial charge in [-0.25, -0.2) is 0 Å². The van der Waals surface area contributed by atoms with Crippen molar-refractivity contribution in [2.45, 2.75) is 289 Å². The van der Waals surface area contributed by atoms with E-state index in [2.05, 4.69) is 19.2 Å². The van der Waals surface area contributed by atoms with E-state index < -0.39 is 12.1 Å². The van der Waals surface area contributed by atoms with Gasteiger partial charge in [0.2, 0.25) is 5.91 Å². The number of hydrogen-bond donors (Lipinski definition) is 3. The standard InChI is InChI=1S/C51H99NO5/c1-3-5-7-9-11-13-15-17-21-25-29-33-37-41-45-51(56)57-46-42-38-34-30-26-22-19-18-20-24-28-32-36-40-44-50(55)52-48(47-53)49(54)43-39-35-31-27-23-16-14-12-10-8-6-4-2/h39,43,48-49,53-54H,3-38,40-42,44-47H2,1-2H3,(H,52,55)/b43-39+. The number of hydrogen-bond acceptors (Lipinski definition) is 5. The summed E-state index contributed by atoms with van der Waals surface area (Å²) in [6.45, 7) is 4.88. The van der Waals surface area contributed by atoms with Crippen LogP contribution in [0.4, 0.5) is 0 Å². The zero-order chi connectivity index (χ0) is 41.5. The maximum absolute atomic E-state index is 12.4. The largest absolute Gasteiger partial charge is 0.466 e. The molecule has 57 heavy (non-hydrogen) atoms. The zero-order valence-corrected chi connectivity index (χ0v) is 38.3. The van der Waals surface area contributed by atoms with Crippen molar-refractivity contribution in [3.63, 3.8) is 0 Å². The Bertz CT molecular complexity index is 847. The number of ether oxygens (including phenoxy) is 1. The predicted molar refractivity (Wildman–Crippen MR) is 246 cm³/mol. The minimum atomic E-state index is -0.849. The third-order valence-electron chi connectivity index (χ3n) is 11.8. The summed E-state index contributed by atoms with van der Waals surface area (Å²) in [7, 11) is 0. The van der Waals surface area contributed by atoms with E-state index >= 15 is 0 Å². The number of rotatable bonds is 47. The lowest BCUT2D eigenvalue weighted by Crippen LogP contribution is -2.45. The van der Waals surface area contributed by atoms with Gasteiger partial charge in [0.25, 0.3) is 0 Å². The van der Waals surface area contributed by atoms with Gasteiger partial charge in [0, 0.05) is 12.8 Å². The fraction of sp³-hybridized carbons (Fsp3) is 0.922. The third-order valence-corrected chi connectivity index (χ3v) is 11.8. The average Bonchev–Trinajstić information content (AvgIpc) is 3.21.